The van der Waals surface area contributed by atoms with Crippen LogP contribution in [0.1, 0.15) is 31.1 Å². The highest BCUT2D eigenvalue weighted by Crippen LogP contribution is 2.27. The first kappa shape index (κ1) is 11.3. The average molecular weight is 208 g/mol. The minimum atomic E-state index is -0.300. The molecule has 0 saturated heterocycles. The van der Waals surface area contributed by atoms with Gasteiger partial charge in [-0.3, -0.25) is 4.79 Å². The second kappa shape index (κ2) is 4.18. The Morgan fingerprint density at radius 3 is 2.29 bits per heavy atom. The minimum absolute atomic E-state index is 0.211. The highest BCUT2D eigenvalue weighted by molar-refractivity contribution is 7.98. The number of ketones is 1. The summed E-state index contributed by atoms with van der Waals surface area (Å²) < 4.78 is 0. The zero-order valence-electron chi connectivity index (χ0n) is 9.13. The summed E-state index contributed by atoms with van der Waals surface area (Å²) in [5.74, 6) is 0.211. The van der Waals surface area contributed by atoms with E-state index in [9.17, 15) is 4.79 Å². The number of thioether (sulfide) groups is 1. The Kier molecular flexibility index (Phi) is 3.38. The second-order valence-corrected chi connectivity index (χ2v) is 5.13. The zero-order valence-corrected chi connectivity index (χ0v) is 9.94. The van der Waals surface area contributed by atoms with E-state index in [2.05, 4.69) is 0 Å². The quantitative estimate of drug-likeness (QED) is 0.545. The van der Waals surface area contributed by atoms with Gasteiger partial charge in [-0.25, -0.2) is 0 Å². The molecule has 14 heavy (non-hydrogen) atoms. The third-order valence-corrected chi connectivity index (χ3v) is 2.83. The van der Waals surface area contributed by atoms with Crippen molar-refractivity contribution in [2.45, 2.75) is 25.7 Å². The summed E-state index contributed by atoms with van der Waals surface area (Å²) in [6, 6.07) is 7.77. The van der Waals surface area contributed by atoms with E-state index in [-0.39, 0.29) is 11.2 Å². The fraction of sp³-hybridized carbons (Fsp3) is 0.417. The van der Waals surface area contributed by atoms with E-state index >= 15 is 0 Å². The molecule has 1 rings (SSSR count). The van der Waals surface area contributed by atoms with E-state index in [0.717, 1.165) is 10.5 Å². The van der Waals surface area contributed by atoms with Gasteiger partial charge in [-0.1, -0.05) is 39.0 Å². The predicted molar refractivity (Wildman–Crippen MR) is 62.0 cm³/mol. The Hall–Kier alpha value is -0.760. The van der Waals surface area contributed by atoms with Crippen LogP contribution in [-0.4, -0.2) is 12.0 Å². The van der Waals surface area contributed by atoms with Crippen LogP contribution in [-0.2, 0) is 0 Å². The van der Waals surface area contributed by atoms with Crippen LogP contribution in [0.25, 0.3) is 0 Å². The minimum Gasteiger partial charge on any atom is -0.294 e. The lowest BCUT2D eigenvalue weighted by atomic mass is 9.86. The summed E-state index contributed by atoms with van der Waals surface area (Å²) in [6.07, 6.45) is 1.99. The van der Waals surface area contributed by atoms with Crippen molar-refractivity contribution in [1.82, 2.24) is 0 Å². The van der Waals surface area contributed by atoms with Crippen LogP contribution in [0.5, 0.6) is 0 Å². The van der Waals surface area contributed by atoms with E-state index in [1.165, 1.54) is 0 Å². The van der Waals surface area contributed by atoms with Crippen molar-refractivity contribution in [3.63, 3.8) is 0 Å². The Labute approximate surface area is 89.9 Å². The van der Waals surface area contributed by atoms with Gasteiger partial charge >= 0.3 is 0 Å². The average Bonchev–Trinajstić information content (AvgIpc) is 2.15. The first-order valence-corrected chi connectivity index (χ1v) is 5.87. The van der Waals surface area contributed by atoms with Gasteiger partial charge in [-0.2, -0.15) is 0 Å². The third-order valence-electron chi connectivity index (χ3n) is 2.03. The van der Waals surface area contributed by atoms with Crippen LogP contribution in [0.15, 0.2) is 29.2 Å². The molecule has 0 atom stereocenters. The van der Waals surface area contributed by atoms with E-state index in [4.69, 9.17) is 0 Å². The molecule has 1 nitrogen and oxygen atoms in total. The lowest BCUT2D eigenvalue weighted by molar-refractivity contribution is 0.0855. The molecule has 0 unspecified atom stereocenters. The molecule has 0 spiro atoms. The molecule has 0 aliphatic rings. The zero-order chi connectivity index (χ0) is 10.8. The van der Waals surface area contributed by atoms with Gasteiger partial charge < -0.3 is 0 Å². The van der Waals surface area contributed by atoms with Crippen LogP contribution < -0.4 is 0 Å². The van der Waals surface area contributed by atoms with Gasteiger partial charge in [0.15, 0.2) is 5.78 Å². The molecule has 0 amide bonds. The normalized spacial score (nSPS) is 11.4. The molecule has 76 valence electrons. The number of Topliss-reactive ketones (excluding diaryl/α,β-unsaturated/α-hetero) is 1. The van der Waals surface area contributed by atoms with E-state index in [0.29, 0.717) is 0 Å². The largest absolute Gasteiger partial charge is 0.294 e. The van der Waals surface area contributed by atoms with Crippen LogP contribution >= 0.6 is 11.8 Å². The van der Waals surface area contributed by atoms with Crippen molar-refractivity contribution >= 4 is 17.5 Å². The standard InChI is InChI=1S/C12H16OS/c1-12(2,3)11(13)9-7-5-6-8-10(9)14-4/h5-8H,1-4H3. The number of carbonyl (C=O) groups is 1. The van der Waals surface area contributed by atoms with Crippen molar-refractivity contribution < 1.29 is 4.79 Å². The lowest BCUT2D eigenvalue weighted by Crippen LogP contribution is -2.20. The molecule has 2 heteroatoms. The summed E-state index contributed by atoms with van der Waals surface area (Å²) >= 11 is 1.62. The number of benzene rings is 1. The number of rotatable bonds is 2. The molecule has 0 fully saturated rings. The molecule has 0 aliphatic heterocycles. The monoisotopic (exact) mass is 208 g/mol. The molecular formula is C12H16OS. The first-order chi connectivity index (χ1) is 6.46. The molecular weight excluding hydrogens is 192 g/mol. The SMILES string of the molecule is CSc1ccccc1C(=O)C(C)(C)C. The van der Waals surface area contributed by atoms with Crippen molar-refractivity contribution in [1.29, 1.82) is 0 Å². The summed E-state index contributed by atoms with van der Waals surface area (Å²) in [6.45, 7) is 5.85. The summed E-state index contributed by atoms with van der Waals surface area (Å²) in [5, 5.41) is 0. The van der Waals surface area contributed by atoms with Crippen LogP contribution in [0.3, 0.4) is 0 Å². The molecule has 1 aromatic carbocycles. The van der Waals surface area contributed by atoms with Gasteiger partial charge in [-0.05, 0) is 12.3 Å². The molecule has 0 N–H and O–H groups in total. The Morgan fingerprint density at radius 2 is 1.79 bits per heavy atom. The topological polar surface area (TPSA) is 17.1 Å². The third kappa shape index (κ3) is 2.38. The van der Waals surface area contributed by atoms with Crippen LogP contribution in [0.4, 0.5) is 0 Å². The maximum atomic E-state index is 12.0. The van der Waals surface area contributed by atoms with Gasteiger partial charge in [0.2, 0.25) is 0 Å². The van der Waals surface area contributed by atoms with E-state index < -0.39 is 0 Å². The Balaban J connectivity index is 3.13. The van der Waals surface area contributed by atoms with Crippen molar-refractivity contribution in [3.8, 4) is 0 Å². The molecule has 0 bridgehead atoms. The van der Waals surface area contributed by atoms with E-state index in [1.54, 1.807) is 11.8 Å². The molecule has 0 saturated carbocycles. The maximum Gasteiger partial charge on any atom is 0.169 e. The number of hydrogen-bond acceptors (Lipinski definition) is 2. The maximum absolute atomic E-state index is 12.0. The summed E-state index contributed by atoms with van der Waals surface area (Å²) in [5.41, 5.74) is 0.541. The van der Waals surface area contributed by atoms with Gasteiger partial charge in [0.05, 0.1) is 0 Å². The highest BCUT2D eigenvalue weighted by Gasteiger charge is 2.24. The van der Waals surface area contributed by atoms with Gasteiger partial charge in [0.25, 0.3) is 0 Å². The second-order valence-electron chi connectivity index (χ2n) is 4.28. The van der Waals surface area contributed by atoms with Crippen LogP contribution in [0, 0.1) is 5.41 Å². The lowest BCUT2D eigenvalue weighted by Gasteiger charge is -2.18. The van der Waals surface area contributed by atoms with E-state index in [1.807, 2.05) is 51.3 Å². The predicted octanol–water partition coefficient (Wildman–Crippen LogP) is 3.64. The fourth-order valence-corrected chi connectivity index (χ4v) is 1.83. The van der Waals surface area contributed by atoms with Gasteiger partial charge in [0, 0.05) is 15.9 Å². The summed E-state index contributed by atoms with van der Waals surface area (Å²) in [4.78, 5) is 13.1. The molecule has 0 aliphatic carbocycles. The van der Waals surface area contributed by atoms with Crippen LogP contribution in [0.2, 0.25) is 0 Å². The molecule has 0 heterocycles. The number of hydrogen-bond donors (Lipinski definition) is 0. The Morgan fingerprint density at radius 1 is 1.21 bits per heavy atom. The van der Waals surface area contributed by atoms with Crippen molar-refractivity contribution in [2.75, 3.05) is 6.26 Å². The first-order valence-electron chi connectivity index (χ1n) is 4.64. The van der Waals surface area contributed by atoms with Gasteiger partial charge in [0.1, 0.15) is 0 Å². The molecule has 0 aromatic heterocycles. The smallest absolute Gasteiger partial charge is 0.169 e. The fourth-order valence-electron chi connectivity index (χ4n) is 1.24. The van der Waals surface area contributed by atoms with Gasteiger partial charge in [-0.15, -0.1) is 11.8 Å². The highest BCUT2D eigenvalue weighted by atomic mass is 32.2. The molecule has 0 radical (unpaired) electrons. The Bertz CT molecular complexity index is 336. The molecule has 1 aromatic rings. The summed E-state index contributed by atoms with van der Waals surface area (Å²) in [7, 11) is 0. The van der Waals surface area contributed by atoms with Crippen molar-refractivity contribution in [2.24, 2.45) is 5.41 Å². The van der Waals surface area contributed by atoms with Crippen molar-refractivity contribution in [3.05, 3.63) is 29.8 Å². The number of carbonyl (C=O) groups excluding carboxylic acids is 1.